The van der Waals surface area contributed by atoms with Crippen molar-refractivity contribution in [1.82, 2.24) is 14.8 Å². The molecule has 3 heterocycles. The average Bonchev–Trinajstić information content (AvgIpc) is 2.87. The first kappa shape index (κ1) is 17.9. The topological polar surface area (TPSA) is 90.8 Å². The van der Waals surface area contributed by atoms with Crippen molar-refractivity contribution in [2.75, 3.05) is 31.1 Å². The van der Waals surface area contributed by atoms with E-state index in [1.165, 1.54) is 17.8 Å². The lowest BCUT2D eigenvalue weighted by Crippen LogP contribution is -2.60. The molecule has 0 radical (unpaired) electrons. The third-order valence-corrected chi connectivity index (χ3v) is 6.47. The predicted molar refractivity (Wildman–Crippen MR) is 94.2 cm³/mol. The molecule has 0 unspecified atom stereocenters. The van der Waals surface area contributed by atoms with Gasteiger partial charge in [-0.3, -0.25) is 9.69 Å². The van der Waals surface area contributed by atoms with Crippen LogP contribution in [0.25, 0.3) is 0 Å². The second-order valence-corrected chi connectivity index (χ2v) is 9.01. The molecule has 1 aromatic rings. The number of amides is 1. The zero-order valence-electron chi connectivity index (χ0n) is 14.4. The number of aromatic nitrogens is 1. The summed E-state index contributed by atoms with van der Waals surface area (Å²) in [5, 5.41) is 9.91. The molecule has 0 spiro atoms. The number of piperazine rings is 1. The van der Waals surface area contributed by atoms with Crippen LogP contribution >= 0.6 is 0 Å². The molecule has 7 nitrogen and oxygen atoms in total. The number of fused-ring (bicyclic) bond motifs is 1. The number of hydrogen-bond donors (Lipinski definition) is 1. The molecule has 1 aromatic heterocycles. The third kappa shape index (κ3) is 3.69. The molecule has 136 valence electrons. The van der Waals surface area contributed by atoms with Crippen LogP contribution in [-0.4, -0.2) is 77.4 Å². The smallest absolute Gasteiger partial charge is 0.276 e. The molecule has 2 aliphatic rings. The SMILES string of the molecule is CC(C)=CCN1CCN(C(=O)c2ncccc2O)[C@H]2CS(=O)(=O)C[C@H]21. The van der Waals surface area contributed by atoms with E-state index in [1.807, 2.05) is 13.8 Å². The van der Waals surface area contributed by atoms with Gasteiger partial charge in [0.05, 0.1) is 17.5 Å². The molecule has 3 rings (SSSR count). The Hall–Kier alpha value is -1.93. The molecule has 2 fully saturated rings. The zero-order chi connectivity index (χ0) is 18.2. The number of pyridine rings is 1. The van der Waals surface area contributed by atoms with Gasteiger partial charge in [0.25, 0.3) is 5.91 Å². The Bertz CT molecular complexity index is 802. The molecule has 1 amide bonds. The summed E-state index contributed by atoms with van der Waals surface area (Å²) in [7, 11) is -3.20. The largest absolute Gasteiger partial charge is 0.505 e. The van der Waals surface area contributed by atoms with Gasteiger partial charge in [-0.1, -0.05) is 11.6 Å². The van der Waals surface area contributed by atoms with Crippen LogP contribution in [0.4, 0.5) is 0 Å². The highest BCUT2D eigenvalue weighted by atomic mass is 32.2. The van der Waals surface area contributed by atoms with E-state index in [0.29, 0.717) is 19.6 Å². The molecule has 25 heavy (non-hydrogen) atoms. The molecular formula is C17H23N3O4S. The van der Waals surface area contributed by atoms with E-state index in [1.54, 1.807) is 11.0 Å². The Morgan fingerprint density at radius 3 is 2.72 bits per heavy atom. The standard InChI is InChI=1S/C17H23N3O4S/c1-12(2)5-7-19-8-9-20(14-11-25(23,24)10-13(14)19)17(22)16-15(21)4-3-6-18-16/h3-6,13-14,21H,7-11H2,1-2H3/t13-,14+/m1/s1. The summed E-state index contributed by atoms with van der Waals surface area (Å²) in [6.07, 6.45) is 3.52. The van der Waals surface area contributed by atoms with Crippen molar-refractivity contribution in [3.8, 4) is 5.75 Å². The minimum Gasteiger partial charge on any atom is -0.505 e. The van der Waals surface area contributed by atoms with E-state index < -0.39 is 21.8 Å². The van der Waals surface area contributed by atoms with Crippen LogP contribution in [0.15, 0.2) is 30.0 Å². The van der Waals surface area contributed by atoms with Crippen LogP contribution < -0.4 is 0 Å². The monoisotopic (exact) mass is 365 g/mol. The minimum atomic E-state index is -3.20. The fourth-order valence-electron chi connectivity index (χ4n) is 3.50. The third-order valence-electron chi connectivity index (χ3n) is 4.77. The number of rotatable bonds is 3. The van der Waals surface area contributed by atoms with Crippen LogP contribution in [-0.2, 0) is 9.84 Å². The molecule has 8 heteroatoms. The maximum atomic E-state index is 12.8. The highest BCUT2D eigenvalue weighted by molar-refractivity contribution is 7.91. The second-order valence-electron chi connectivity index (χ2n) is 6.86. The van der Waals surface area contributed by atoms with Gasteiger partial charge in [0.2, 0.25) is 0 Å². The predicted octanol–water partition coefficient (Wildman–Crippen LogP) is 0.677. The van der Waals surface area contributed by atoms with Crippen LogP contribution in [0.2, 0.25) is 0 Å². The lowest BCUT2D eigenvalue weighted by molar-refractivity contribution is 0.0360. The van der Waals surface area contributed by atoms with Crippen molar-refractivity contribution < 1.29 is 18.3 Å². The second kappa shape index (κ2) is 6.76. The Kier molecular flexibility index (Phi) is 4.83. The van der Waals surface area contributed by atoms with Crippen LogP contribution in [0.3, 0.4) is 0 Å². The number of aromatic hydroxyl groups is 1. The summed E-state index contributed by atoms with van der Waals surface area (Å²) in [6, 6.07) is 2.34. The maximum Gasteiger partial charge on any atom is 0.276 e. The molecule has 1 N–H and O–H groups in total. The highest BCUT2D eigenvalue weighted by Crippen LogP contribution is 2.29. The number of sulfone groups is 1. The Morgan fingerprint density at radius 1 is 1.32 bits per heavy atom. The number of allylic oxidation sites excluding steroid dienone is 1. The van der Waals surface area contributed by atoms with Gasteiger partial charge in [-0.15, -0.1) is 0 Å². The Morgan fingerprint density at radius 2 is 2.04 bits per heavy atom. The van der Waals surface area contributed by atoms with E-state index in [-0.39, 0.29) is 29.0 Å². The first-order valence-corrected chi connectivity index (χ1v) is 10.1. The molecule has 0 bridgehead atoms. The summed E-state index contributed by atoms with van der Waals surface area (Å²) < 4.78 is 24.4. The summed E-state index contributed by atoms with van der Waals surface area (Å²) in [5.74, 6) is -0.571. The Balaban J connectivity index is 1.87. The molecular weight excluding hydrogens is 342 g/mol. The summed E-state index contributed by atoms with van der Waals surface area (Å²) >= 11 is 0. The number of carbonyl (C=O) groups excluding carboxylic acids is 1. The first-order valence-electron chi connectivity index (χ1n) is 8.31. The van der Waals surface area contributed by atoms with Crippen LogP contribution in [0, 0.1) is 0 Å². The van der Waals surface area contributed by atoms with Crippen molar-refractivity contribution >= 4 is 15.7 Å². The van der Waals surface area contributed by atoms with Gasteiger partial charge in [0, 0.05) is 31.9 Å². The molecule has 0 aromatic carbocycles. The number of carbonyl (C=O) groups is 1. The van der Waals surface area contributed by atoms with Gasteiger partial charge in [-0.05, 0) is 26.0 Å². The van der Waals surface area contributed by atoms with Gasteiger partial charge in [-0.25, -0.2) is 13.4 Å². The van der Waals surface area contributed by atoms with Crippen molar-refractivity contribution in [3.63, 3.8) is 0 Å². The molecule has 0 saturated carbocycles. The van der Waals surface area contributed by atoms with E-state index in [4.69, 9.17) is 0 Å². The maximum absolute atomic E-state index is 12.8. The van der Waals surface area contributed by atoms with Gasteiger partial charge in [-0.2, -0.15) is 0 Å². The highest BCUT2D eigenvalue weighted by Gasteiger charge is 2.48. The first-order chi connectivity index (χ1) is 11.8. The van der Waals surface area contributed by atoms with E-state index in [0.717, 1.165) is 0 Å². The lowest BCUT2D eigenvalue weighted by atomic mass is 10.0. The normalized spacial score (nSPS) is 25.4. The number of nitrogens with zero attached hydrogens (tertiary/aromatic N) is 3. The Labute approximate surface area is 147 Å². The van der Waals surface area contributed by atoms with E-state index in [9.17, 15) is 18.3 Å². The fraction of sp³-hybridized carbons (Fsp3) is 0.529. The van der Waals surface area contributed by atoms with Crippen molar-refractivity contribution in [3.05, 3.63) is 35.7 Å². The zero-order valence-corrected chi connectivity index (χ0v) is 15.2. The van der Waals surface area contributed by atoms with Crippen LogP contribution in [0.5, 0.6) is 5.75 Å². The summed E-state index contributed by atoms with van der Waals surface area (Å²) in [5.41, 5.74) is 1.15. The summed E-state index contributed by atoms with van der Waals surface area (Å²) in [6.45, 7) is 5.71. The molecule has 2 aliphatic heterocycles. The average molecular weight is 365 g/mol. The molecule has 0 aliphatic carbocycles. The van der Waals surface area contributed by atoms with Gasteiger partial charge in [0.1, 0.15) is 5.75 Å². The minimum absolute atomic E-state index is 0.0247. The van der Waals surface area contributed by atoms with Gasteiger partial charge < -0.3 is 10.0 Å². The van der Waals surface area contributed by atoms with Crippen molar-refractivity contribution in [2.45, 2.75) is 25.9 Å². The van der Waals surface area contributed by atoms with Crippen molar-refractivity contribution in [2.24, 2.45) is 0 Å². The molecule has 2 saturated heterocycles. The molecule has 2 atom stereocenters. The van der Waals surface area contributed by atoms with Crippen molar-refractivity contribution in [1.29, 1.82) is 0 Å². The van der Waals surface area contributed by atoms with Gasteiger partial charge in [0.15, 0.2) is 15.5 Å². The fourth-order valence-corrected chi connectivity index (χ4v) is 5.51. The van der Waals surface area contributed by atoms with E-state index >= 15 is 0 Å². The summed E-state index contributed by atoms with van der Waals surface area (Å²) in [4.78, 5) is 20.5. The van der Waals surface area contributed by atoms with Gasteiger partial charge >= 0.3 is 0 Å². The van der Waals surface area contributed by atoms with E-state index in [2.05, 4.69) is 16.0 Å². The lowest BCUT2D eigenvalue weighted by Gasteiger charge is -2.43. The van der Waals surface area contributed by atoms with Crippen LogP contribution in [0.1, 0.15) is 24.3 Å². The number of hydrogen-bond acceptors (Lipinski definition) is 6. The quantitative estimate of drug-likeness (QED) is 0.792.